The maximum atomic E-state index is 11.6. The van der Waals surface area contributed by atoms with Crippen molar-refractivity contribution in [2.24, 2.45) is 11.5 Å². The van der Waals surface area contributed by atoms with Gasteiger partial charge in [0.15, 0.2) is 0 Å². The third-order valence-electron chi connectivity index (χ3n) is 2.24. The molecule has 0 amide bonds. The summed E-state index contributed by atoms with van der Waals surface area (Å²) < 4.78 is 9.63. The zero-order valence-corrected chi connectivity index (χ0v) is 11.6. The molecule has 4 N–H and O–H groups in total. The normalized spacial score (nSPS) is 14.8. The lowest BCUT2D eigenvalue weighted by Crippen LogP contribution is -2.38. The van der Waals surface area contributed by atoms with Crippen molar-refractivity contribution in [1.29, 1.82) is 0 Å². The van der Waals surface area contributed by atoms with Crippen LogP contribution in [0.1, 0.15) is 40.0 Å². The molecule has 0 aromatic rings. The third-order valence-corrected chi connectivity index (χ3v) is 2.24. The first kappa shape index (κ1) is 16.9. The van der Waals surface area contributed by atoms with Gasteiger partial charge in [0.05, 0.1) is 7.11 Å². The fourth-order valence-corrected chi connectivity index (χ4v) is 1.32. The van der Waals surface area contributed by atoms with Gasteiger partial charge in [0.2, 0.25) is 0 Å². The molecule has 0 aromatic heterocycles. The quantitative estimate of drug-likeness (QED) is 0.667. The van der Waals surface area contributed by atoms with Crippen LogP contribution in [0.3, 0.4) is 0 Å². The van der Waals surface area contributed by atoms with E-state index in [2.05, 4.69) is 4.74 Å². The summed E-state index contributed by atoms with van der Waals surface area (Å²) >= 11 is 0. The molecule has 0 aliphatic rings. The summed E-state index contributed by atoms with van der Waals surface area (Å²) in [4.78, 5) is 22.6. The molecule has 0 aromatic carbocycles. The van der Waals surface area contributed by atoms with E-state index in [9.17, 15) is 9.59 Å². The molecule has 0 bridgehead atoms. The van der Waals surface area contributed by atoms with Gasteiger partial charge in [0.1, 0.15) is 17.7 Å². The Morgan fingerprint density at radius 2 is 1.50 bits per heavy atom. The second-order valence-corrected chi connectivity index (χ2v) is 5.20. The van der Waals surface area contributed by atoms with Crippen molar-refractivity contribution in [3.63, 3.8) is 0 Å². The van der Waals surface area contributed by atoms with Gasteiger partial charge in [0, 0.05) is 0 Å². The molecule has 0 saturated heterocycles. The topological polar surface area (TPSA) is 105 Å². The number of hydrogen-bond acceptors (Lipinski definition) is 6. The van der Waals surface area contributed by atoms with Crippen LogP contribution in [0.5, 0.6) is 0 Å². The van der Waals surface area contributed by atoms with E-state index in [1.54, 1.807) is 20.8 Å². The minimum absolute atomic E-state index is 0.430. The van der Waals surface area contributed by atoms with Crippen LogP contribution < -0.4 is 11.5 Å². The highest BCUT2D eigenvalue weighted by Gasteiger charge is 2.22. The predicted octanol–water partition coefficient (Wildman–Crippen LogP) is 0.326. The minimum Gasteiger partial charge on any atom is -0.468 e. The van der Waals surface area contributed by atoms with Crippen molar-refractivity contribution in [1.82, 2.24) is 0 Å². The summed E-state index contributed by atoms with van der Waals surface area (Å²) in [6, 6.07) is -1.35. The molecule has 18 heavy (non-hydrogen) atoms. The summed E-state index contributed by atoms with van der Waals surface area (Å²) in [7, 11) is 1.29. The third kappa shape index (κ3) is 7.24. The zero-order valence-electron chi connectivity index (χ0n) is 11.6. The van der Waals surface area contributed by atoms with Crippen LogP contribution in [0.2, 0.25) is 0 Å². The standard InChI is InChI=1S/C12H24N2O4/c1-12(2,3)18-11(16)9(14)7-5-6-8(13)10(15)17-4/h8-9H,5-7,13-14H2,1-4H3/t8-,9?/m0/s1. The smallest absolute Gasteiger partial charge is 0.323 e. The molecule has 0 aliphatic heterocycles. The van der Waals surface area contributed by atoms with Crippen molar-refractivity contribution in [3.05, 3.63) is 0 Å². The summed E-state index contributed by atoms with van der Waals surface area (Å²) in [5.41, 5.74) is 10.7. The summed E-state index contributed by atoms with van der Waals surface area (Å²) in [5, 5.41) is 0. The largest absolute Gasteiger partial charge is 0.468 e. The average molecular weight is 260 g/mol. The Morgan fingerprint density at radius 3 is 1.89 bits per heavy atom. The zero-order chi connectivity index (χ0) is 14.3. The van der Waals surface area contributed by atoms with Gasteiger partial charge in [-0.1, -0.05) is 0 Å². The van der Waals surface area contributed by atoms with Gasteiger partial charge >= 0.3 is 11.9 Å². The van der Waals surface area contributed by atoms with Crippen LogP contribution in [0.15, 0.2) is 0 Å². The fraction of sp³-hybridized carbons (Fsp3) is 0.833. The van der Waals surface area contributed by atoms with Crippen molar-refractivity contribution in [2.75, 3.05) is 7.11 Å². The van der Waals surface area contributed by atoms with E-state index in [1.807, 2.05) is 0 Å². The number of rotatable bonds is 6. The molecule has 6 nitrogen and oxygen atoms in total. The Bertz CT molecular complexity index is 286. The molecule has 106 valence electrons. The summed E-state index contributed by atoms with van der Waals surface area (Å²) in [6.07, 6.45) is 1.43. The van der Waals surface area contributed by atoms with E-state index in [0.29, 0.717) is 19.3 Å². The van der Waals surface area contributed by atoms with Crippen molar-refractivity contribution < 1.29 is 19.1 Å². The van der Waals surface area contributed by atoms with Crippen LogP contribution >= 0.6 is 0 Å². The number of ether oxygens (including phenoxy) is 2. The number of nitrogens with two attached hydrogens (primary N) is 2. The Balaban J connectivity index is 3.93. The molecular weight excluding hydrogens is 236 g/mol. The molecule has 0 aliphatic carbocycles. The van der Waals surface area contributed by atoms with E-state index < -0.39 is 29.6 Å². The van der Waals surface area contributed by atoms with Gasteiger partial charge < -0.3 is 20.9 Å². The molecule has 6 heteroatoms. The lowest BCUT2D eigenvalue weighted by molar-refractivity contribution is -0.156. The van der Waals surface area contributed by atoms with Crippen LogP contribution in [0, 0.1) is 0 Å². The SMILES string of the molecule is COC(=O)[C@@H](N)CCCC(N)C(=O)OC(C)(C)C. The number of esters is 2. The van der Waals surface area contributed by atoms with Crippen molar-refractivity contribution >= 4 is 11.9 Å². The van der Waals surface area contributed by atoms with Gasteiger partial charge in [-0.15, -0.1) is 0 Å². The lowest BCUT2D eigenvalue weighted by Gasteiger charge is -2.22. The van der Waals surface area contributed by atoms with E-state index in [1.165, 1.54) is 7.11 Å². The second-order valence-electron chi connectivity index (χ2n) is 5.20. The van der Waals surface area contributed by atoms with Crippen molar-refractivity contribution in [3.8, 4) is 0 Å². The fourth-order valence-electron chi connectivity index (χ4n) is 1.32. The highest BCUT2D eigenvalue weighted by Crippen LogP contribution is 2.10. The number of hydrogen-bond donors (Lipinski definition) is 2. The van der Waals surface area contributed by atoms with E-state index in [0.717, 1.165) is 0 Å². The number of carbonyl (C=O) groups excluding carboxylic acids is 2. The lowest BCUT2D eigenvalue weighted by atomic mass is 10.1. The van der Waals surface area contributed by atoms with Crippen molar-refractivity contribution in [2.45, 2.75) is 57.7 Å². The van der Waals surface area contributed by atoms with Gasteiger partial charge in [-0.05, 0) is 40.0 Å². The summed E-state index contributed by atoms with van der Waals surface area (Å²) in [6.45, 7) is 5.35. The highest BCUT2D eigenvalue weighted by molar-refractivity contribution is 5.76. The Labute approximate surface area is 108 Å². The molecule has 1 unspecified atom stereocenters. The second kappa shape index (κ2) is 7.33. The molecule has 0 heterocycles. The van der Waals surface area contributed by atoms with Crippen LogP contribution in [-0.2, 0) is 19.1 Å². The maximum Gasteiger partial charge on any atom is 0.323 e. The Kier molecular flexibility index (Phi) is 6.86. The molecule has 2 atom stereocenters. The van der Waals surface area contributed by atoms with E-state index >= 15 is 0 Å². The first-order valence-electron chi connectivity index (χ1n) is 5.99. The molecule has 0 saturated carbocycles. The predicted molar refractivity (Wildman–Crippen MR) is 67.7 cm³/mol. The number of methoxy groups -OCH3 is 1. The maximum absolute atomic E-state index is 11.6. The first-order valence-corrected chi connectivity index (χ1v) is 5.99. The summed E-state index contributed by atoms with van der Waals surface area (Å²) in [5.74, 6) is -0.894. The van der Waals surface area contributed by atoms with E-state index in [4.69, 9.17) is 16.2 Å². The van der Waals surface area contributed by atoms with Gasteiger partial charge in [0.25, 0.3) is 0 Å². The van der Waals surface area contributed by atoms with Gasteiger partial charge in [-0.25, -0.2) is 0 Å². The van der Waals surface area contributed by atoms with E-state index in [-0.39, 0.29) is 0 Å². The minimum atomic E-state index is -0.686. The first-order chi connectivity index (χ1) is 8.17. The van der Waals surface area contributed by atoms with Crippen LogP contribution in [0.4, 0.5) is 0 Å². The molecule has 0 fully saturated rings. The highest BCUT2D eigenvalue weighted by atomic mass is 16.6. The molecule has 0 rings (SSSR count). The van der Waals surface area contributed by atoms with Gasteiger partial charge in [-0.2, -0.15) is 0 Å². The van der Waals surface area contributed by atoms with Crippen LogP contribution in [-0.4, -0.2) is 36.7 Å². The van der Waals surface area contributed by atoms with Crippen LogP contribution in [0.25, 0.3) is 0 Å². The Hall–Kier alpha value is -1.14. The van der Waals surface area contributed by atoms with Gasteiger partial charge in [-0.3, -0.25) is 9.59 Å². The average Bonchev–Trinajstić information content (AvgIpc) is 2.25. The Morgan fingerprint density at radius 1 is 1.06 bits per heavy atom. The number of carbonyl (C=O) groups is 2. The molecule has 0 radical (unpaired) electrons. The molecule has 0 spiro atoms. The monoisotopic (exact) mass is 260 g/mol. The molecular formula is C12H24N2O4.